The third-order valence-corrected chi connectivity index (χ3v) is 7.31. The molecular formula is C18H21N3O4S2. The molecule has 1 aromatic carbocycles. The third kappa shape index (κ3) is 3.29. The number of hydrogen-bond donors (Lipinski definition) is 0. The first-order chi connectivity index (χ1) is 12.8. The second-order valence-corrected chi connectivity index (χ2v) is 8.59. The molecule has 0 bridgehead atoms. The first-order valence-electron chi connectivity index (χ1n) is 8.37. The fraction of sp³-hybridized carbons (Fsp3) is 0.389. The molecule has 2 heterocycles. The fourth-order valence-electron chi connectivity index (χ4n) is 2.72. The van der Waals surface area contributed by atoms with Crippen LogP contribution in [-0.4, -0.2) is 47.0 Å². The van der Waals surface area contributed by atoms with Crippen LogP contribution in [0.2, 0.25) is 0 Å². The van der Waals surface area contributed by atoms with Crippen molar-refractivity contribution < 1.29 is 19.1 Å². The smallest absolute Gasteiger partial charge is 0.365 e. The average molecular weight is 408 g/mol. The van der Waals surface area contributed by atoms with Crippen LogP contribution in [0.5, 0.6) is 0 Å². The van der Waals surface area contributed by atoms with Crippen molar-refractivity contribution in [2.45, 2.75) is 25.1 Å². The van der Waals surface area contributed by atoms with Crippen molar-refractivity contribution in [1.29, 1.82) is 0 Å². The molecule has 1 atom stereocenters. The molecule has 3 rings (SSSR count). The molecule has 0 unspecified atom stereocenters. The van der Waals surface area contributed by atoms with Gasteiger partial charge in [-0.05, 0) is 44.7 Å². The number of hydrazone groups is 1. The summed E-state index contributed by atoms with van der Waals surface area (Å²) in [5, 5.41) is 6.55. The number of allylic oxidation sites excluding steroid dienone is 1. The quantitative estimate of drug-likeness (QED) is 0.705. The lowest BCUT2D eigenvalue weighted by atomic mass is 10.2. The monoisotopic (exact) mass is 407 g/mol. The van der Waals surface area contributed by atoms with E-state index in [1.54, 1.807) is 11.9 Å². The Hall–Kier alpha value is -2.13. The lowest BCUT2D eigenvalue weighted by Gasteiger charge is -2.39. The zero-order chi connectivity index (χ0) is 19.8. The Balaban J connectivity index is 2.04. The van der Waals surface area contributed by atoms with E-state index < -0.39 is 16.3 Å². The van der Waals surface area contributed by atoms with Gasteiger partial charge in [-0.15, -0.1) is 0 Å². The summed E-state index contributed by atoms with van der Waals surface area (Å²) < 4.78 is 9.22. The minimum Gasteiger partial charge on any atom is -0.465 e. The van der Waals surface area contributed by atoms with Crippen LogP contribution in [0, 0.1) is 6.92 Å². The highest BCUT2D eigenvalue weighted by atomic mass is 32.2. The Bertz CT molecular complexity index is 838. The summed E-state index contributed by atoms with van der Waals surface area (Å²) in [6, 6.07) is 7.84. The lowest BCUT2D eigenvalue weighted by Crippen LogP contribution is -2.47. The van der Waals surface area contributed by atoms with E-state index in [1.807, 2.05) is 50.1 Å². The summed E-state index contributed by atoms with van der Waals surface area (Å²) in [7, 11) is 3.23. The highest BCUT2D eigenvalue weighted by molar-refractivity contribution is 8.28. The molecule has 2 aliphatic heterocycles. The number of carbonyl (C=O) groups excluding carboxylic acids is 2. The number of rotatable bonds is 4. The molecule has 9 heteroatoms. The van der Waals surface area contributed by atoms with E-state index in [-0.39, 0.29) is 11.7 Å². The van der Waals surface area contributed by atoms with E-state index in [0.29, 0.717) is 4.91 Å². The van der Waals surface area contributed by atoms with Gasteiger partial charge < -0.3 is 14.4 Å². The summed E-state index contributed by atoms with van der Waals surface area (Å²) in [6.45, 7) is 5.88. The maximum atomic E-state index is 12.3. The Morgan fingerprint density at radius 1 is 1.15 bits per heavy atom. The number of thioether (sulfide) groups is 2. The van der Waals surface area contributed by atoms with E-state index >= 15 is 0 Å². The van der Waals surface area contributed by atoms with Gasteiger partial charge in [0.15, 0.2) is 0 Å². The van der Waals surface area contributed by atoms with Crippen molar-refractivity contribution in [2.75, 3.05) is 25.8 Å². The van der Waals surface area contributed by atoms with Gasteiger partial charge in [-0.25, -0.2) is 14.6 Å². The molecule has 1 spiro atoms. The maximum Gasteiger partial charge on any atom is 0.365 e. The number of methoxy groups -OCH3 is 1. The van der Waals surface area contributed by atoms with Gasteiger partial charge in [0.1, 0.15) is 4.91 Å². The largest absolute Gasteiger partial charge is 0.465 e. The Morgan fingerprint density at radius 3 is 2.41 bits per heavy atom. The second-order valence-electron chi connectivity index (χ2n) is 5.99. The van der Waals surface area contributed by atoms with Crippen LogP contribution >= 0.6 is 23.5 Å². The van der Waals surface area contributed by atoms with Crippen LogP contribution in [0.1, 0.15) is 19.4 Å². The van der Waals surface area contributed by atoms with Gasteiger partial charge in [0.25, 0.3) is 0 Å². The molecule has 144 valence electrons. The van der Waals surface area contributed by atoms with E-state index in [1.165, 1.54) is 30.6 Å². The first kappa shape index (κ1) is 19.6. The number of carbonyl (C=O) groups is 2. The molecule has 27 heavy (non-hydrogen) atoms. The molecule has 0 N–H and O–H groups in total. The van der Waals surface area contributed by atoms with E-state index in [2.05, 4.69) is 5.10 Å². The Kier molecular flexibility index (Phi) is 5.43. The van der Waals surface area contributed by atoms with E-state index in [4.69, 9.17) is 9.47 Å². The number of nitrogens with zero attached hydrogens (tertiary/aromatic N) is 3. The molecule has 0 amide bonds. The minimum atomic E-state index is -0.842. The first-order valence-corrected chi connectivity index (χ1v) is 10.0. The van der Waals surface area contributed by atoms with Gasteiger partial charge in [-0.2, -0.15) is 5.10 Å². The minimum absolute atomic E-state index is 0.246. The highest BCUT2D eigenvalue weighted by Gasteiger charge is 2.56. The summed E-state index contributed by atoms with van der Waals surface area (Å²) in [5.74, 6) is -0.884. The molecule has 1 aromatic rings. The number of benzene rings is 1. The van der Waals surface area contributed by atoms with Crippen LogP contribution in [0.15, 0.2) is 40.0 Å². The fourth-order valence-corrected chi connectivity index (χ4v) is 5.62. The van der Waals surface area contributed by atoms with Crippen LogP contribution < -0.4 is 5.01 Å². The number of hydrogen-bond acceptors (Lipinski definition) is 9. The van der Waals surface area contributed by atoms with Gasteiger partial charge in [-0.1, -0.05) is 29.5 Å². The van der Waals surface area contributed by atoms with Gasteiger partial charge in [-0.3, -0.25) is 0 Å². The predicted molar refractivity (Wildman–Crippen MR) is 108 cm³/mol. The van der Waals surface area contributed by atoms with Gasteiger partial charge in [0.05, 0.1) is 19.4 Å². The van der Waals surface area contributed by atoms with Crippen LogP contribution in [0.3, 0.4) is 0 Å². The summed E-state index contributed by atoms with van der Waals surface area (Å²) >= 11 is 2.57. The number of aryl methyl sites for hydroxylation is 1. The SMILES string of the molecule is CCOC(=O)C1=NN(c2ccc(C)cc2)[C@@]2(S1)SC(C(=O)OC)=C(C)N2C. The molecule has 0 saturated heterocycles. The van der Waals surface area contributed by atoms with Crippen LogP contribution in [0.25, 0.3) is 0 Å². The topological polar surface area (TPSA) is 71.4 Å². The van der Waals surface area contributed by atoms with Crippen molar-refractivity contribution in [2.24, 2.45) is 5.10 Å². The molecular weight excluding hydrogens is 386 g/mol. The van der Waals surface area contributed by atoms with Gasteiger partial charge in [0, 0.05) is 12.7 Å². The number of anilines is 1. The lowest BCUT2D eigenvalue weighted by molar-refractivity contribution is -0.135. The van der Waals surface area contributed by atoms with Crippen molar-refractivity contribution in [3.8, 4) is 0 Å². The van der Waals surface area contributed by atoms with E-state index in [0.717, 1.165) is 16.9 Å². The maximum absolute atomic E-state index is 12.3. The van der Waals surface area contributed by atoms with Crippen LogP contribution in [0.4, 0.5) is 5.69 Å². The number of esters is 2. The summed E-state index contributed by atoms with van der Waals surface area (Å²) in [4.78, 5) is 27.0. The Morgan fingerprint density at radius 2 is 1.81 bits per heavy atom. The molecule has 0 radical (unpaired) electrons. The van der Waals surface area contributed by atoms with Crippen molar-refractivity contribution >= 4 is 46.2 Å². The predicted octanol–water partition coefficient (Wildman–Crippen LogP) is 3.12. The normalized spacial score (nSPS) is 21.7. The standard InChI is InChI=1S/C18H21N3O4S2/c1-6-25-17(23)15-19-21(13-9-7-11(2)8-10-13)18(27-15)20(4)12(3)14(26-18)16(22)24-5/h7-10H,6H2,1-5H3/t18-/m1/s1. The van der Waals surface area contributed by atoms with E-state index in [9.17, 15) is 9.59 Å². The highest BCUT2D eigenvalue weighted by Crippen LogP contribution is 2.58. The molecule has 0 fully saturated rings. The number of ether oxygens (including phenoxy) is 2. The van der Waals surface area contributed by atoms with Gasteiger partial charge >= 0.3 is 11.9 Å². The molecule has 0 aromatic heterocycles. The molecule has 2 aliphatic rings. The Labute approximate surface area is 166 Å². The van der Waals surface area contributed by atoms with Crippen molar-refractivity contribution in [1.82, 2.24) is 4.90 Å². The third-order valence-electron chi connectivity index (χ3n) is 4.28. The van der Waals surface area contributed by atoms with Crippen molar-refractivity contribution in [3.05, 3.63) is 40.4 Å². The zero-order valence-corrected chi connectivity index (χ0v) is 17.4. The van der Waals surface area contributed by atoms with Crippen LogP contribution in [-0.2, 0) is 19.1 Å². The summed E-state index contributed by atoms with van der Waals surface area (Å²) in [6.07, 6.45) is 0. The molecule has 0 saturated carbocycles. The second kappa shape index (κ2) is 7.47. The van der Waals surface area contributed by atoms with Crippen molar-refractivity contribution in [3.63, 3.8) is 0 Å². The average Bonchev–Trinajstić information content (AvgIpc) is 3.16. The molecule has 0 aliphatic carbocycles. The summed E-state index contributed by atoms with van der Waals surface area (Å²) in [5.41, 5.74) is 2.69. The molecule has 7 nitrogen and oxygen atoms in total. The van der Waals surface area contributed by atoms with Gasteiger partial charge in [0.2, 0.25) is 9.37 Å². The zero-order valence-electron chi connectivity index (χ0n) is 15.8.